The van der Waals surface area contributed by atoms with E-state index in [1.54, 1.807) is 0 Å². The number of unbranched alkanes of at least 4 members (excludes halogenated alkanes) is 3. The Labute approximate surface area is 169 Å². The number of hydrogen-bond acceptors (Lipinski definition) is 4. The number of carbonyl (C=O) groups is 2. The number of aliphatic hydroxyl groups excluding tert-OH is 1. The molecule has 0 spiro atoms. The Kier molecular flexibility index (Phi) is 10.0. The van der Waals surface area contributed by atoms with Gasteiger partial charge in [0.05, 0.1) is 12.7 Å². The lowest BCUT2D eigenvalue weighted by atomic mass is 10.0. The third-order valence-electron chi connectivity index (χ3n) is 5.49. The van der Waals surface area contributed by atoms with Crippen molar-refractivity contribution in [3.8, 4) is 0 Å². The second-order valence-electron chi connectivity index (χ2n) is 7.61. The van der Waals surface area contributed by atoms with Gasteiger partial charge in [-0.3, -0.25) is 9.59 Å². The highest BCUT2D eigenvalue weighted by Crippen LogP contribution is 2.26. The molecule has 2 atom stereocenters. The fourth-order valence-corrected chi connectivity index (χ4v) is 3.93. The van der Waals surface area contributed by atoms with Crippen LogP contribution in [0.3, 0.4) is 0 Å². The molecule has 1 N–H and O–H groups in total. The normalized spacial score (nSPS) is 17.7. The second-order valence-corrected chi connectivity index (χ2v) is 7.61. The van der Waals surface area contributed by atoms with Crippen LogP contribution in [0.5, 0.6) is 0 Å². The smallest absolute Gasteiger partial charge is 0.305 e. The minimum Gasteiger partial charge on any atom is -0.466 e. The van der Waals surface area contributed by atoms with Crippen LogP contribution in [0.15, 0.2) is 30.3 Å². The SMILES string of the molecule is CCOC(=O)CCCCCCN1C(=O)CC[C@@H]1CCCC(O)c1ccccc1. The third-order valence-corrected chi connectivity index (χ3v) is 5.49. The van der Waals surface area contributed by atoms with Crippen LogP contribution in [-0.4, -0.2) is 41.1 Å². The van der Waals surface area contributed by atoms with E-state index in [0.717, 1.165) is 63.5 Å². The molecule has 156 valence electrons. The predicted octanol–water partition coefficient (Wildman–Crippen LogP) is 4.39. The van der Waals surface area contributed by atoms with E-state index in [-0.39, 0.29) is 11.9 Å². The van der Waals surface area contributed by atoms with Crippen LogP contribution in [0.1, 0.15) is 82.8 Å². The van der Waals surface area contributed by atoms with Crippen LogP contribution >= 0.6 is 0 Å². The van der Waals surface area contributed by atoms with Crippen LogP contribution in [-0.2, 0) is 14.3 Å². The van der Waals surface area contributed by atoms with Gasteiger partial charge in [0.15, 0.2) is 0 Å². The number of aliphatic hydroxyl groups is 1. The molecule has 0 radical (unpaired) electrons. The molecular weight excluding hydrogens is 354 g/mol. The van der Waals surface area contributed by atoms with E-state index in [4.69, 9.17) is 4.74 Å². The molecule has 28 heavy (non-hydrogen) atoms. The summed E-state index contributed by atoms with van der Waals surface area (Å²) in [6.07, 6.45) is 8.12. The van der Waals surface area contributed by atoms with Crippen molar-refractivity contribution in [3.63, 3.8) is 0 Å². The van der Waals surface area contributed by atoms with E-state index in [1.165, 1.54) is 0 Å². The summed E-state index contributed by atoms with van der Waals surface area (Å²) in [5.41, 5.74) is 0.963. The van der Waals surface area contributed by atoms with Crippen molar-refractivity contribution in [2.24, 2.45) is 0 Å². The van der Waals surface area contributed by atoms with Crippen molar-refractivity contribution in [1.29, 1.82) is 0 Å². The van der Waals surface area contributed by atoms with Gasteiger partial charge >= 0.3 is 5.97 Å². The molecular formula is C23H35NO4. The highest BCUT2D eigenvalue weighted by Gasteiger charge is 2.29. The quantitative estimate of drug-likeness (QED) is 0.401. The van der Waals surface area contributed by atoms with Crippen LogP contribution in [0.25, 0.3) is 0 Å². The number of rotatable bonds is 13. The van der Waals surface area contributed by atoms with Gasteiger partial charge in [-0.2, -0.15) is 0 Å². The topological polar surface area (TPSA) is 66.8 Å². The van der Waals surface area contributed by atoms with Gasteiger partial charge in [-0.05, 0) is 51.0 Å². The number of esters is 1. The van der Waals surface area contributed by atoms with Crippen LogP contribution in [0.4, 0.5) is 0 Å². The van der Waals surface area contributed by atoms with Gasteiger partial charge in [0, 0.05) is 25.4 Å². The van der Waals surface area contributed by atoms with Crippen molar-refractivity contribution in [2.45, 2.75) is 83.3 Å². The average Bonchev–Trinajstić information content (AvgIpc) is 3.05. The predicted molar refractivity (Wildman–Crippen MR) is 110 cm³/mol. The number of ether oxygens (including phenoxy) is 1. The minimum atomic E-state index is -0.425. The summed E-state index contributed by atoms with van der Waals surface area (Å²) in [4.78, 5) is 25.6. The maximum absolute atomic E-state index is 12.2. The summed E-state index contributed by atoms with van der Waals surface area (Å²) in [6.45, 7) is 3.08. The number of benzene rings is 1. The molecule has 1 aliphatic heterocycles. The molecule has 0 bridgehead atoms. The zero-order chi connectivity index (χ0) is 20.2. The lowest BCUT2D eigenvalue weighted by Gasteiger charge is -2.25. The van der Waals surface area contributed by atoms with Crippen molar-refractivity contribution in [3.05, 3.63) is 35.9 Å². The summed E-state index contributed by atoms with van der Waals surface area (Å²) in [5.74, 6) is 0.148. The molecule has 1 amide bonds. The summed E-state index contributed by atoms with van der Waals surface area (Å²) in [5, 5.41) is 10.3. The lowest BCUT2D eigenvalue weighted by molar-refractivity contribution is -0.143. The standard InChI is InChI=1S/C23H35NO4/c1-2-28-23(27)15-8-3-4-9-18-24-20(16-17-22(24)26)13-10-14-21(25)19-11-6-5-7-12-19/h5-7,11-12,20-21,25H,2-4,8-10,13-18H2,1H3/t20-,21?/m0/s1. The molecule has 5 nitrogen and oxygen atoms in total. The highest BCUT2D eigenvalue weighted by molar-refractivity contribution is 5.78. The van der Waals surface area contributed by atoms with E-state index in [1.807, 2.05) is 42.2 Å². The van der Waals surface area contributed by atoms with E-state index >= 15 is 0 Å². The lowest BCUT2D eigenvalue weighted by Crippen LogP contribution is -2.33. The molecule has 1 aromatic carbocycles. The van der Waals surface area contributed by atoms with Gasteiger partial charge in [0.2, 0.25) is 5.91 Å². The number of likely N-dealkylation sites (tertiary alicyclic amines) is 1. The summed E-state index contributed by atoms with van der Waals surface area (Å²) >= 11 is 0. The fraction of sp³-hybridized carbons (Fsp3) is 0.652. The Morgan fingerprint density at radius 1 is 1.18 bits per heavy atom. The summed E-state index contributed by atoms with van der Waals surface area (Å²) in [6, 6.07) is 10.1. The molecule has 1 saturated heterocycles. The molecule has 0 aromatic heterocycles. The van der Waals surface area contributed by atoms with E-state index in [0.29, 0.717) is 25.5 Å². The second kappa shape index (κ2) is 12.6. The fourth-order valence-electron chi connectivity index (χ4n) is 3.93. The molecule has 2 rings (SSSR count). The van der Waals surface area contributed by atoms with Crippen molar-refractivity contribution in [2.75, 3.05) is 13.2 Å². The Balaban J connectivity index is 1.62. The number of hydrogen-bond donors (Lipinski definition) is 1. The average molecular weight is 390 g/mol. The number of nitrogens with zero attached hydrogens (tertiary/aromatic N) is 1. The maximum atomic E-state index is 12.2. The molecule has 0 saturated carbocycles. The van der Waals surface area contributed by atoms with Crippen LogP contribution in [0.2, 0.25) is 0 Å². The molecule has 1 fully saturated rings. The Bertz CT molecular complexity index is 590. The van der Waals surface area contributed by atoms with E-state index in [9.17, 15) is 14.7 Å². The Morgan fingerprint density at radius 3 is 2.68 bits per heavy atom. The Morgan fingerprint density at radius 2 is 1.93 bits per heavy atom. The molecule has 1 heterocycles. The highest BCUT2D eigenvalue weighted by atomic mass is 16.5. The van der Waals surface area contributed by atoms with Gasteiger partial charge in [0.25, 0.3) is 0 Å². The van der Waals surface area contributed by atoms with Gasteiger partial charge in [0.1, 0.15) is 0 Å². The van der Waals surface area contributed by atoms with E-state index in [2.05, 4.69) is 0 Å². The number of carbonyl (C=O) groups excluding carboxylic acids is 2. The molecule has 5 heteroatoms. The summed E-state index contributed by atoms with van der Waals surface area (Å²) in [7, 11) is 0. The first kappa shape index (κ1) is 22.4. The van der Waals surface area contributed by atoms with Crippen LogP contribution < -0.4 is 0 Å². The van der Waals surface area contributed by atoms with Crippen molar-refractivity contribution in [1.82, 2.24) is 4.90 Å². The number of amides is 1. The monoisotopic (exact) mass is 389 g/mol. The van der Waals surface area contributed by atoms with Crippen LogP contribution in [0, 0.1) is 0 Å². The Hall–Kier alpha value is -1.88. The summed E-state index contributed by atoms with van der Waals surface area (Å²) < 4.78 is 4.93. The molecule has 0 aliphatic carbocycles. The molecule has 1 unspecified atom stereocenters. The zero-order valence-corrected chi connectivity index (χ0v) is 17.1. The maximum Gasteiger partial charge on any atom is 0.305 e. The zero-order valence-electron chi connectivity index (χ0n) is 17.1. The largest absolute Gasteiger partial charge is 0.466 e. The van der Waals surface area contributed by atoms with Gasteiger partial charge in [-0.1, -0.05) is 43.2 Å². The first-order valence-corrected chi connectivity index (χ1v) is 10.8. The first-order valence-electron chi connectivity index (χ1n) is 10.8. The molecule has 1 aliphatic rings. The minimum absolute atomic E-state index is 0.116. The molecule has 1 aromatic rings. The van der Waals surface area contributed by atoms with Gasteiger partial charge in [-0.15, -0.1) is 0 Å². The first-order chi connectivity index (χ1) is 13.6. The van der Waals surface area contributed by atoms with Gasteiger partial charge < -0.3 is 14.7 Å². The van der Waals surface area contributed by atoms with Crippen molar-refractivity contribution >= 4 is 11.9 Å². The third kappa shape index (κ3) is 7.63. The van der Waals surface area contributed by atoms with Gasteiger partial charge in [-0.25, -0.2) is 0 Å². The van der Waals surface area contributed by atoms with Crippen molar-refractivity contribution < 1.29 is 19.4 Å². The van der Waals surface area contributed by atoms with E-state index < -0.39 is 6.10 Å².